The van der Waals surface area contributed by atoms with E-state index in [2.05, 4.69) is 19.9 Å². The number of hydrogen-bond acceptors (Lipinski definition) is 5. The molecule has 2 heterocycles. The van der Waals surface area contributed by atoms with Gasteiger partial charge in [-0.3, -0.25) is 0 Å². The van der Waals surface area contributed by atoms with Crippen LogP contribution in [0.5, 0.6) is 0 Å². The maximum Gasteiger partial charge on any atom is 0.221 e. The number of para-hydroxylation sites is 2. The highest BCUT2D eigenvalue weighted by molar-refractivity contribution is 5.81. The Hall–Kier alpha value is -2.63. The van der Waals surface area contributed by atoms with E-state index in [0.29, 0.717) is 17.2 Å². The quantitative estimate of drug-likeness (QED) is 0.577. The molecule has 3 rings (SSSR count). The van der Waals surface area contributed by atoms with Crippen LogP contribution in [-0.4, -0.2) is 19.9 Å². The van der Waals surface area contributed by atoms with E-state index in [4.69, 9.17) is 11.5 Å². The standard InChI is InChI=1S/C11H10N6/c12-9-6(5-14-11(13)17-9)10-15-7-3-1-2-4-8(7)16-10/h1-5H,(H,15,16)(H4,12,13,14,17). The minimum atomic E-state index is 0.155. The number of imidazole rings is 1. The van der Waals surface area contributed by atoms with Gasteiger partial charge in [-0.15, -0.1) is 0 Å². The zero-order valence-corrected chi connectivity index (χ0v) is 8.88. The normalized spacial score (nSPS) is 10.8. The molecule has 17 heavy (non-hydrogen) atoms. The molecule has 6 heteroatoms. The Morgan fingerprint density at radius 1 is 1.06 bits per heavy atom. The number of aromatic amines is 1. The van der Waals surface area contributed by atoms with E-state index in [1.807, 2.05) is 24.3 Å². The second-order valence-corrected chi connectivity index (χ2v) is 3.63. The molecule has 5 N–H and O–H groups in total. The van der Waals surface area contributed by atoms with Crippen LogP contribution in [0.2, 0.25) is 0 Å². The molecule has 0 amide bonds. The molecule has 0 aliphatic rings. The summed E-state index contributed by atoms with van der Waals surface area (Å²) in [6, 6.07) is 7.73. The molecule has 3 aromatic rings. The van der Waals surface area contributed by atoms with Crippen molar-refractivity contribution in [3.63, 3.8) is 0 Å². The molecule has 0 spiro atoms. The van der Waals surface area contributed by atoms with Crippen molar-refractivity contribution >= 4 is 22.8 Å². The summed E-state index contributed by atoms with van der Waals surface area (Å²) in [4.78, 5) is 15.4. The van der Waals surface area contributed by atoms with Crippen LogP contribution in [-0.2, 0) is 0 Å². The number of rotatable bonds is 1. The molecular weight excluding hydrogens is 216 g/mol. The molecule has 84 valence electrons. The Labute approximate surface area is 96.7 Å². The van der Waals surface area contributed by atoms with Gasteiger partial charge >= 0.3 is 0 Å². The molecular formula is C11H10N6. The molecule has 0 fully saturated rings. The summed E-state index contributed by atoms with van der Waals surface area (Å²) in [5, 5.41) is 0. The van der Waals surface area contributed by atoms with Crippen LogP contribution in [0.25, 0.3) is 22.4 Å². The lowest BCUT2D eigenvalue weighted by atomic mass is 10.3. The molecule has 0 unspecified atom stereocenters. The summed E-state index contributed by atoms with van der Waals surface area (Å²) in [5.74, 6) is 1.11. The maximum absolute atomic E-state index is 5.78. The Bertz CT molecular complexity index is 654. The van der Waals surface area contributed by atoms with Crippen LogP contribution in [0.4, 0.5) is 11.8 Å². The van der Waals surface area contributed by atoms with Gasteiger partial charge in [0.2, 0.25) is 5.95 Å². The third kappa shape index (κ3) is 1.55. The van der Waals surface area contributed by atoms with Crippen LogP contribution in [0.15, 0.2) is 30.5 Å². The van der Waals surface area contributed by atoms with Gasteiger partial charge in [-0.25, -0.2) is 9.97 Å². The number of benzene rings is 1. The van der Waals surface area contributed by atoms with Crippen LogP contribution in [0, 0.1) is 0 Å². The Kier molecular flexibility index (Phi) is 1.94. The molecule has 6 nitrogen and oxygen atoms in total. The van der Waals surface area contributed by atoms with Crippen LogP contribution < -0.4 is 11.5 Å². The number of nitrogen functional groups attached to an aromatic ring is 2. The van der Waals surface area contributed by atoms with Gasteiger partial charge in [-0.2, -0.15) is 4.98 Å². The minimum absolute atomic E-state index is 0.155. The van der Waals surface area contributed by atoms with Crippen molar-refractivity contribution < 1.29 is 0 Å². The highest BCUT2D eigenvalue weighted by atomic mass is 15.0. The largest absolute Gasteiger partial charge is 0.383 e. The predicted molar refractivity (Wildman–Crippen MR) is 65.9 cm³/mol. The lowest BCUT2D eigenvalue weighted by Gasteiger charge is -2.00. The highest BCUT2D eigenvalue weighted by Crippen LogP contribution is 2.23. The fourth-order valence-electron chi connectivity index (χ4n) is 1.67. The third-order valence-corrected chi connectivity index (χ3v) is 2.48. The van der Waals surface area contributed by atoms with Crippen molar-refractivity contribution in [2.24, 2.45) is 0 Å². The van der Waals surface area contributed by atoms with Crippen molar-refractivity contribution in [2.45, 2.75) is 0 Å². The van der Waals surface area contributed by atoms with Gasteiger partial charge in [0.1, 0.15) is 11.6 Å². The first-order valence-corrected chi connectivity index (χ1v) is 5.07. The van der Waals surface area contributed by atoms with Gasteiger partial charge in [-0.1, -0.05) is 12.1 Å². The number of nitrogens with zero attached hydrogens (tertiary/aromatic N) is 3. The van der Waals surface area contributed by atoms with Gasteiger partial charge in [0, 0.05) is 6.20 Å². The second-order valence-electron chi connectivity index (χ2n) is 3.63. The fraction of sp³-hybridized carbons (Fsp3) is 0. The average molecular weight is 226 g/mol. The molecule has 0 aliphatic carbocycles. The van der Waals surface area contributed by atoms with Gasteiger partial charge in [0.15, 0.2) is 0 Å². The number of hydrogen-bond donors (Lipinski definition) is 3. The van der Waals surface area contributed by atoms with E-state index in [1.165, 1.54) is 0 Å². The summed E-state index contributed by atoms with van der Waals surface area (Å²) < 4.78 is 0. The molecule has 2 aromatic heterocycles. The van der Waals surface area contributed by atoms with Gasteiger partial charge < -0.3 is 16.5 Å². The van der Waals surface area contributed by atoms with Crippen LogP contribution in [0.1, 0.15) is 0 Å². The number of anilines is 2. The molecule has 0 radical (unpaired) electrons. The zero-order chi connectivity index (χ0) is 11.8. The number of fused-ring (bicyclic) bond motifs is 1. The van der Waals surface area contributed by atoms with Gasteiger partial charge in [0.05, 0.1) is 16.6 Å². The molecule has 0 aliphatic heterocycles. The van der Waals surface area contributed by atoms with E-state index in [9.17, 15) is 0 Å². The van der Waals surface area contributed by atoms with E-state index < -0.39 is 0 Å². The summed E-state index contributed by atoms with van der Waals surface area (Å²) in [5.41, 5.74) is 13.7. The van der Waals surface area contributed by atoms with E-state index in [0.717, 1.165) is 11.0 Å². The Morgan fingerprint density at radius 2 is 1.88 bits per heavy atom. The smallest absolute Gasteiger partial charge is 0.221 e. The third-order valence-electron chi connectivity index (χ3n) is 2.48. The number of H-pyrrole nitrogens is 1. The average Bonchev–Trinajstić information content (AvgIpc) is 2.72. The van der Waals surface area contributed by atoms with E-state index in [-0.39, 0.29) is 5.95 Å². The van der Waals surface area contributed by atoms with E-state index in [1.54, 1.807) is 6.20 Å². The minimum Gasteiger partial charge on any atom is -0.383 e. The molecule has 0 saturated carbocycles. The Balaban J connectivity index is 2.20. The van der Waals surface area contributed by atoms with Gasteiger partial charge in [0.25, 0.3) is 0 Å². The lowest BCUT2D eigenvalue weighted by molar-refractivity contribution is 1.18. The molecule has 0 bridgehead atoms. The summed E-state index contributed by atoms with van der Waals surface area (Å²) >= 11 is 0. The summed E-state index contributed by atoms with van der Waals surface area (Å²) in [7, 11) is 0. The summed E-state index contributed by atoms with van der Waals surface area (Å²) in [6.45, 7) is 0. The number of nitrogens with one attached hydrogen (secondary N) is 1. The SMILES string of the molecule is Nc1ncc(-c2nc3ccccc3[nH]2)c(N)n1. The van der Waals surface area contributed by atoms with Crippen molar-refractivity contribution in [1.29, 1.82) is 0 Å². The first-order chi connectivity index (χ1) is 8.24. The summed E-state index contributed by atoms with van der Waals surface area (Å²) in [6.07, 6.45) is 1.56. The zero-order valence-electron chi connectivity index (χ0n) is 8.88. The Morgan fingerprint density at radius 3 is 2.65 bits per heavy atom. The molecule has 1 aromatic carbocycles. The maximum atomic E-state index is 5.78. The first kappa shape index (κ1) is 9.59. The fourth-order valence-corrected chi connectivity index (χ4v) is 1.67. The monoisotopic (exact) mass is 226 g/mol. The van der Waals surface area contributed by atoms with Crippen molar-refractivity contribution in [3.8, 4) is 11.4 Å². The van der Waals surface area contributed by atoms with Crippen molar-refractivity contribution in [3.05, 3.63) is 30.5 Å². The number of nitrogens with two attached hydrogens (primary N) is 2. The number of aromatic nitrogens is 4. The molecule has 0 atom stereocenters. The van der Waals surface area contributed by atoms with Crippen molar-refractivity contribution in [1.82, 2.24) is 19.9 Å². The predicted octanol–water partition coefficient (Wildman–Crippen LogP) is 1.18. The lowest BCUT2D eigenvalue weighted by Crippen LogP contribution is -2.01. The van der Waals surface area contributed by atoms with Crippen LogP contribution >= 0.6 is 0 Å². The molecule has 0 saturated heterocycles. The van der Waals surface area contributed by atoms with Gasteiger partial charge in [-0.05, 0) is 12.1 Å². The second kappa shape index (κ2) is 3.44. The highest BCUT2D eigenvalue weighted by Gasteiger charge is 2.09. The first-order valence-electron chi connectivity index (χ1n) is 5.07. The van der Waals surface area contributed by atoms with Crippen LogP contribution in [0.3, 0.4) is 0 Å². The topological polar surface area (TPSA) is 106 Å². The van der Waals surface area contributed by atoms with Crippen molar-refractivity contribution in [2.75, 3.05) is 11.5 Å². The van der Waals surface area contributed by atoms with E-state index >= 15 is 0 Å².